The van der Waals surface area contributed by atoms with Gasteiger partial charge in [0, 0.05) is 57.5 Å². The fourth-order valence-electron chi connectivity index (χ4n) is 3.75. The van der Waals surface area contributed by atoms with Crippen LogP contribution in [0.5, 0.6) is 0 Å². The molecule has 3 rings (SSSR count). The lowest BCUT2D eigenvalue weighted by Crippen LogP contribution is -2.40. The van der Waals surface area contributed by atoms with Gasteiger partial charge in [-0.15, -0.1) is 0 Å². The number of ether oxygens (including phenoxy) is 2. The monoisotopic (exact) mass is 415 g/mol. The molecule has 2 amide bonds. The second-order valence-electron chi connectivity index (χ2n) is 7.38. The van der Waals surface area contributed by atoms with E-state index in [-0.39, 0.29) is 12.5 Å². The maximum atomic E-state index is 13.1. The number of hydrogen-bond donors (Lipinski definition) is 0. The van der Waals surface area contributed by atoms with Crippen LogP contribution >= 0.6 is 0 Å². The number of likely N-dealkylation sites (tertiary alicyclic amines) is 1. The van der Waals surface area contributed by atoms with Crippen LogP contribution in [0.1, 0.15) is 23.2 Å². The molecule has 0 radical (unpaired) electrons. The van der Waals surface area contributed by atoms with Gasteiger partial charge in [0.05, 0.1) is 18.8 Å². The number of Topliss-reactive ketones (excluding diaryl/α,β-unsaturated/α-hetero) is 1. The van der Waals surface area contributed by atoms with Crippen LogP contribution in [-0.2, 0) is 25.6 Å². The number of fused-ring (bicyclic) bond motifs is 1. The average Bonchev–Trinajstić information content (AvgIpc) is 3.42. The van der Waals surface area contributed by atoms with Crippen LogP contribution in [0.15, 0.2) is 30.5 Å². The van der Waals surface area contributed by atoms with Gasteiger partial charge in [0.2, 0.25) is 5.91 Å². The van der Waals surface area contributed by atoms with Crippen molar-refractivity contribution in [1.82, 2.24) is 14.4 Å². The van der Waals surface area contributed by atoms with E-state index in [4.69, 9.17) is 9.47 Å². The SMILES string of the molecule is COCCN(CCOC)C(=O)C(=O)c1cn(CC(=O)N2CCCC2)c2ccccc12. The molecule has 162 valence electrons. The molecule has 1 aromatic heterocycles. The van der Waals surface area contributed by atoms with Crippen LogP contribution in [0, 0.1) is 0 Å². The number of methoxy groups -OCH3 is 2. The molecule has 8 nitrogen and oxygen atoms in total. The predicted molar refractivity (Wildman–Crippen MR) is 112 cm³/mol. The summed E-state index contributed by atoms with van der Waals surface area (Å²) in [6.07, 6.45) is 3.67. The fraction of sp³-hybridized carbons (Fsp3) is 0.500. The number of benzene rings is 1. The second-order valence-corrected chi connectivity index (χ2v) is 7.38. The minimum absolute atomic E-state index is 0.0281. The molecule has 1 aromatic carbocycles. The number of aromatic nitrogens is 1. The van der Waals surface area contributed by atoms with Crippen LogP contribution < -0.4 is 0 Å². The summed E-state index contributed by atoms with van der Waals surface area (Å²) >= 11 is 0. The Balaban J connectivity index is 1.86. The maximum Gasteiger partial charge on any atom is 0.295 e. The fourth-order valence-corrected chi connectivity index (χ4v) is 3.75. The molecule has 0 saturated carbocycles. The van der Waals surface area contributed by atoms with E-state index in [1.54, 1.807) is 31.0 Å². The first-order chi connectivity index (χ1) is 14.6. The van der Waals surface area contributed by atoms with Crippen molar-refractivity contribution in [3.8, 4) is 0 Å². The summed E-state index contributed by atoms with van der Waals surface area (Å²) in [6.45, 7) is 2.96. The Hall–Kier alpha value is -2.71. The van der Waals surface area contributed by atoms with Gasteiger partial charge in [-0.05, 0) is 18.9 Å². The molecule has 30 heavy (non-hydrogen) atoms. The zero-order chi connectivity index (χ0) is 21.5. The van der Waals surface area contributed by atoms with Gasteiger partial charge in [0.15, 0.2) is 0 Å². The van der Waals surface area contributed by atoms with Gasteiger partial charge in [-0.1, -0.05) is 18.2 Å². The van der Waals surface area contributed by atoms with Crippen molar-refractivity contribution in [3.63, 3.8) is 0 Å². The lowest BCUT2D eigenvalue weighted by molar-refractivity contribution is -0.130. The van der Waals surface area contributed by atoms with Crippen molar-refractivity contribution in [2.75, 3.05) is 53.6 Å². The van der Waals surface area contributed by atoms with Gasteiger partial charge in [0.25, 0.3) is 11.7 Å². The number of carbonyl (C=O) groups excluding carboxylic acids is 3. The molecule has 0 atom stereocenters. The number of ketones is 1. The quantitative estimate of drug-likeness (QED) is 0.435. The van der Waals surface area contributed by atoms with Gasteiger partial charge < -0.3 is 23.8 Å². The van der Waals surface area contributed by atoms with Gasteiger partial charge in [-0.3, -0.25) is 14.4 Å². The average molecular weight is 415 g/mol. The van der Waals surface area contributed by atoms with Crippen LogP contribution in [-0.4, -0.2) is 85.6 Å². The first kappa shape index (κ1) is 22.0. The molecule has 0 unspecified atom stereocenters. The van der Waals surface area contributed by atoms with E-state index in [0.29, 0.717) is 37.3 Å². The van der Waals surface area contributed by atoms with Crippen LogP contribution in [0.25, 0.3) is 10.9 Å². The lowest BCUT2D eigenvalue weighted by Gasteiger charge is -2.21. The molecule has 1 aliphatic heterocycles. The molecular formula is C22H29N3O5. The number of nitrogens with zero attached hydrogens (tertiary/aromatic N) is 3. The smallest absolute Gasteiger partial charge is 0.295 e. The first-order valence-corrected chi connectivity index (χ1v) is 10.2. The van der Waals surface area contributed by atoms with Gasteiger partial charge in [-0.2, -0.15) is 0 Å². The Bertz CT molecular complexity index is 893. The highest BCUT2D eigenvalue weighted by Gasteiger charge is 2.27. The third-order valence-electron chi connectivity index (χ3n) is 5.41. The molecule has 1 saturated heterocycles. The first-order valence-electron chi connectivity index (χ1n) is 10.2. The largest absolute Gasteiger partial charge is 0.383 e. The molecule has 0 N–H and O–H groups in total. The van der Waals surface area contributed by atoms with Crippen LogP contribution in [0.3, 0.4) is 0 Å². The van der Waals surface area contributed by atoms with Crippen molar-refractivity contribution in [2.45, 2.75) is 19.4 Å². The van der Waals surface area contributed by atoms with Crippen LogP contribution in [0.2, 0.25) is 0 Å². The van der Waals surface area contributed by atoms with Gasteiger partial charge in [-0.25, -0.2) is 0 Å². The minimum atomic E-state index is -0.599. The molecule has 1 fully saturated rings. The molecule has 8 heteroatoms. The van der Waals surface area contributed by atoms with Crippen molar-refractivity contribution >= 4 is 28.5 Å². The van der Waals surface area contributed by atoms with E-state index in [0.717, 1.165) is 31.4 Å². The Labute approximate surface area is 176 Å². The van der Waals surface area contributed by atoms with E-state index < -0.39 is 11.7 Å². The van der Waals surface area contributed by atoms with E-state index >= 15 is 0 Å². The summed E-state index contributed by atoms with van der Waals surface area (Å²) in [5.74, 6) is -1.16. The van der Waals surface area contributed by atoms with E-state index in [1.807, 2.05) is 23.1 Å². The maximum absolute atomic E-state index is 13.1. The van der Waals surface area contributed by atoms with E-state index in [1.165, 1.54) is 4.90 Å². The summed E-state index contributed by atoms with van der Waals surface area (Å²) in [7, 11) is 3.09. The number of amides is 2. The number of rotatable bonds is 10. The summed E-state index contributed by atoms with van der Waals surface area (Å²) in [5.41, 5.74) is 1.08. The topological polar surface area (TPSA) is 81.1 Å². The van der Waals surface area contributed by atoms with Crippen molar-refractivity contribution < 1.29 is 23.9 Å². The third kappa shape index (κ3) is 4.88. The zero-order valence-corrected chi connectivity index (χ0v) is 17.6. The summed E-state index contributed by atoms with van der Waals surface area (Å²) < 4.78 is 11.9. The Morgan fingerprint density at radius 1 is 1.00 bits per heavy atom. The Kier molecular flexibility index (Phi) is 7.59. The van der Waals surface area contributed by atoms with E-state index in [2.05, 4.69) is 0 Å². The third-order valence-corrected chi connectivity index (χ3v) is 5.41. The highest BCUT2D eigenvalue weighted by molar-refractivity contribution is 6.44. The molecule has 0 aliphatic carbocycles. The van der Waals surface area contributed by atoms with Gasteiger partial charge in [0.1, 0.15) is 6.54 Å². The van der Waals surface area contributed by atoms with Gasteiger partial charge >= 0.3 is 0 Å². The number of carbonyl (C=O) groups is 3. The predicted octanol–water partition coefficient (Wildman–Crippen LogP) is 1.57. The minimum Gasteiger partial charge on any atom is -0.383 e. The number of para-hydroxylation sites is 1. The van der Waals surface area contributed by atoms with Crippen LogP contribution in [0.4, 0.5) is 0 Å². The van der Waals surface area contributed by atoms with Crippen molar-refractivity contribution in [2.24, 2.45) is 0 Å². The Morgan fingerprint density at radius 2 is 1.63 bits per heavy atom. The van der Waals surface area contributed by atoms with Crippen molar-refractivity contribution in [3.05, 3.63) is 36.0 Å². The summed E-state index contributed by atoms with van der Waals surface area (Å²) in [4.78, 5) is 41.9. The second kappa shape index (κ2) is 10.4. The normalized spacial score (nSPS) is 13.7. The van der Waals surface area contributed by atoms with E-state index in [9.17, 15) is 14.4 Å². The number of hydrogen-bond acceptors (Lipinski definition) is 5. The Morgan fingerprint density at radius 3 is 2.27 bits per heavy atom. The summed E-state index contributed by atoms with van der Waals surface area (Å²) in [5, 5.41) is 0.670. The highest BCUT2D eigenvalue weighted by Crippen LogP contribution is 2.23. The standard InChI is InChI=1S/C22H29N3O5/c1-29-13-11-24(12-14-30-2)22(28)21(27)18-15-25(19-8-4-3-7-17(18)19)16-20(26)23-9-5-6-10-23/h3-4,7-8,15H,5-6,9-14,16H2,1-2H3. The molecule has 0 spiro atoms. The summed E-state index contributed by atoms with van der Waals surface area (Å²) in [6, 6.07) is 7.35. The highest BCUT2D eigenvalue weighted by atomic mass is 16.5. The molecular weight excluding hydrogens is 386 g/mol. The molecule has 1 aliphatic rings. The zero-order valence-electron chi connectivity index (χ0n) is 17.6. The lowest BCUT2D eigenvalue weighted by atomic mass is 10.1. The molecule has 2 aromatic rings. The molecule has 2 heterocycles. The molecule has 0 bridgehead atoms. The van der Waals surface area contributed by atoms with Crippen molar-refractivity contribution in [1.29, 1.82) is 0 Å².